The number of fused-ring (bicyclic) bond motifs is 1. The standard InChI is InChI=1S/C20H21N5O2/c26-20(12-15-5-7-18(8-6-15)25-14-22-23-24-25)21-13-16-9-10-27-19-4-2-1-3-17(19)11-16/h1-8,14,16H,9-13H2,(H,21,26)/t16-/m0/s1. The Balaban J connectivity index is 1.29. The zero-order valence-electron chi connectivity index (χ0n) is 14.9. The average Bonchev–Trinajstić information content (AvgIpc) is 3.14. The van der Waals surface area contributed by atoms with Crippen LogP contribution in [-0.4, -0.2) is 39.3 Å². The van der Waals surface area contributed by atoms with E-state index in [0.29, 0.717) is 25.5 Å². The smallest absolute Gasteiger partial charge is 0.224 e. The van der Waals surface area contributed by atoms with Crippen molar-refractivity contribution < 1.29 is 9.53 Å². The predicted octanol–water partition coefficient (Wildman–Crippen LogP) is 1.96. The summed E-state index contributed by atoms with van der Waals surface area (Å²) in [6.45, 7) is 1.36. The van der Waals surface area contributed by atoms with Crippen molar-refractivity contribution in [3.8, 4) is 11.4 Å². The third kappa shape index (κ3) is 4.31. The number of carbonyl (C=O) groups excluding carboxylic acids is 1. The van der Waals surface area contributed by atoms with Gasteiger partial charge < -0.3 is 10.1 Å². The van der Waals surface area contributed by atoms with Gasteiger partial charge in [-0.3, -0.25) is 4.79 Å². The van der Waals surface area contributed by atoms with Gasteiger partial charge in [0, 0.05) is 6.54 Å². The van der Waals surface area contributed by atoms with Gasteiger partial charge >= 0.3 is 0 Å². The maximum Gasteiger partial charge on any atom is 0.224 e. The lowest BCUT2D eigenvalue weighted by atomic mass is 9.97. The lowest BCUT2D eigenvalue weighted by molar-refractivity contribution is -0.120. The minimum atomic E-state index is 0.0311. The monoisotopic (exact) mass is 363 g/mol. The van der Waals surface area contributed by atoms with E-state index in [-0.39, 0.29) is 5.91 Å². The Kier molecular flexibility index (Phi) is 5.09. The molecule has 0 saturated heterocycles. The highest BCUT2D eigenvalue weighted by atomic mass is 16.5. The van der Waals surface area contributed by atoms with Crippen molar-refractivity contribution in [2.24, 2.45) is 5.92 Å². The van der Waals surface area contributed by atoms with Crippen LogP contribution in [0.2, 0.25) is 0 Å². The van der Waals surface area contributed by atoms with Gasteiger partial charge in [-0.05, 0) is 58.5 Å². The van der Waals surface area contributed by atoms with E-state index in [1.165, 1.54) is 11.9 Å². The Morgan fingerprint density at radius 3 is 2.85 bits per heavy atom. The lowest BCUT2D eigenvalue weighted by Gasteiger charge is -2.14. The van der Waals surface area contributed by atoms with Crippen LogP contribution in [-0.2, 0) is 17.6 Å². The molecule has 7 heteroatoms. The largest absolute Gasteiger partial charge is 0.493 e. The zero-order valence-corrected chi connectivity index (χ0v) is 14.9. The summed E-state index contributed by atoms with van der Waals surface area (Å²) in [7, 11) is 0. The lowest BCUT2D eigenvalue weighted by Crippen LogP contribution is -2.31. The molecule has 1 atom stereocenters. The number of benzene rings is 2. The molecule has 0 radical (unpaired) electrons. The molecule has 1 aliphatic rings. The molecule has 1 aromatic heterocycles. The number of tetrazole rings is 1. The van der Waals surface area contributed by atoms with Crippen LogP contribution in [0.1, 0.15) is 17.5 Å². The number of para-hydroxylation sites is 1. The molecule has 0 saturated carbocycles. The quantitative estimate of drug-likeness (QED) is 0.749. The Bertz CT molecular complexity index is 893. The summed E-state index contributed by atoms with van der Waals surface area (Å²) < 4.78 is 7.37. The highest BCUT2D eigenvalue weighted by Gasteiger charge is 2.18. The summed E-state index contributed by atoms with van der Waals surface area (Å²) in [5.74, 6) is 1.39. The number of nitrogens with zero attached hydrogens (tertiary/aromatic N) is 4. The molecule has 27 heavy (non-hydrogen) atoms. The first-order chi connectivity index (χ1) is 13.3. The second kappa shape index (κ2) is 7.99. The molecule has 0 spiro atoms. The van der Waals surface area contributed by atoms with Gasteiger partial charge in [0.15, 0.2) is 0 Å². The van der Waals surface area contributed by atoms with Crippen molar-refractivity contribution in [2.45, 2.75) is 19.3 Å². The highest BCUT2D eigenvalue weighted by Crippen LogP contribution is 2.26. The summed E-state index contributed by atoms with van der Waals surface area (Å²) in [5, 5.41) is 14.2. The van der Waals surface area contributed by atoms with E-state index in [1.807, 2.05) is 42.5 Å². The van der Waals surface area contributed by atoms with Crippen molar-refractivity contribution in [3.05, 3.63) is 66.0 Å². The van der Waals surface area contributed by atoms with Crippen LogP contribution < -0.4 is 10.1 Å². The number of ether oxygens (including phenoxy) is 1. The fraction of sp³-hybridized carbons (Fsp3) is 0.300. The minimum absolute atomic E-state index is 0.0311. The molecule has 0 unspecified atom stereocenters. The van der Waals surface area contributed by atoms with E-state index in [0.717, 1.165) is 29.8 Å². The molecule has 1 amide bonds. The number of rotatable bonds is 5. The molecule has 138 valence electrons. The number of hydrogen-bond acceptors (Lipinski definition) is 5. The van der Waals surface area contributed by atoms with Crippen molar-refractivity contribution in [2.75, 3.05) is 13.2 Å². The summed E-state index contributed by atoms with van der Waals surface area (Å²) >= 11 is 0. The molecule has 7 nitrogen and oxygen atoms in total. The molecule has 0 fully saturated rings. The third-order valence-electron chi connectivity index (χ3n) is 4.77. The molecule has 2 heterocycles. The van der Waals surface area contributed by atoms with E-state index in [9.17, 15) is 4.79 Å². The Hall–Kier alpha value is -3.22. The Labute approximate surface area is 157 Å². The minimum Gasteiger partial charge on any atom is -0.493 e. The summed E-state index contributed by atoms with van der Waals surface area (Å²) in [6, 6.07) is 15.8. The SMILES string of the molecule is O=C(Cc1ccc(-n2cnnn2)cc1)NC[C@H]1CCOc2ccccc2C1. The molecular formula is C20H21N5O2. The van der Waals surface area contributed by atoms with Crippen LogP contribution in [0.4, 0.5) is 0 Å². The topological polar surface area (TPSA) is 81.9 Å². The van der Waals surface area contributed by atoms with E-state index in [4.69, 9.17) is 4.74 Å². The number of nitrogens with one attached hydrogen (secondary N) is 1. The number of hydrogen-bond donors (Lipinski definition) is 1. The van der Waals surface area contributed by atoms with Gasteiger partial charge in [-0.1, -0.05) is 30.3 Å². The summed E-state index contributed by atoms with van der Waals surface area (Å²) in [4.78, 5) is 12.3. The van der Waals surface area contributed by atoms with Gasteiger partial charge in [0.05, 0.1) is 18.7 Å². The molecule has 3 aromatic rings. The molecule has 0 bridgehead atoms. The van der Waals surface area contributed by atoms with Crippen LogP contribution in [0.3, 0.4) is 0 Å². The molecule has 1 aliphatic heterocycles. The van der Waals surface area contributed by atoms with Gasteiger partial charge in [-0.2, -0.15) is 0 Å². The van der Waals surface area contributed by atoms with Crippen LogP contribution in [0.5, 0.6) is 5.75 Å². The summed E-state index contributed by atoms with van der Waals surface area (Å²) in [6.07, 6.45) is 3.76. The van der Waals surface area contributed by atoms with Crippen LogP contribution >= 0.6 is 0 Å². The zero-order chi connectivity index (χ0) is 18.5. The summed E-state index contributed by atoms with van der Waals surface area (Å²) in [5.41, 5.74) is 3.03. The van der Waals surface area contributed by atoms with Gasteiger partial charge in [0.25, 0.3) is 0 Å². The van der Waals surface area contributed by atoms with Gasteiger partial charge in [-0.15, -0.1) is 5.10 Å². The predicted molar refractivity (Wildman–Crippen MR) is 99.6 cm³/mol. The van der Waals surface area contributed by atoms with Crippen LogP contribution in [0.25, 0.3) is 5.69 Å². The van der Waals surface area contributed by atoms with Crippen molar-refractivity contribution in [1.82, 2.24) is 25.5 Å². The Morgan fingerprint density at radius 2 is 2.04 bits per heavy atom. The maximum atomic E-state index is 12.3. The fourth-order valence-corrected chi connectivity index (χ4v) is 3.29. The van der Waals surface area contributed by atoms with Crippen LogP contribution in [0.15, 0.2) is 54.9 Å². The first-order valence-electron chi connectivity index (χ1n) is 9.07. The number of carbonyl (C=O) groups is 1. The van der Waals surface area contributed by atoms with Crippen molar-refractivity contribution in [3.63, 3.8) is 0 Å². The normalized spacial score (nSPS) is 16.1. The van der Waals surface area contributed by atoms with Crippen LogP contribution in [0, 0.1) is 5.92 Å². The van der Waals surface area contributed by atoms with E-state index in [1.54, 1.807) is 4.68 Å². The first kappa shape index (κ1) is 17.2. The fourth-order valence-electron chi connectivity index (χ4n) is 3.29. The van der Waals surface area contributed by atoms with E-state index >= 15 is 0 Å². The van der Waals surface area contributed by atoms with Gasteiger partial charge in [0.2, 0.25) is 5.91 Å². The number of aromatic nitrogens is 4. The number of amides is 1. The molecular weight excluding hydrogens is 342 g/mol. The second-order valence-corrected chi connectivity index (χ2v) is 6.72. The third-order valence-corrected chi connectivity index (χ3v) is 4.77. The maximum absolute atomic E-state index is 12.3. The van der Waals surface area contributed by atoms with Gasteiger partial charge in [0.1, 0.15) is 12.1 Å². The molecule has 2 aromatic carbocycles. The van der Waals surface area contributed by atoms with E-state index < -0.39 is 0 Å². The molecule has 0 aliphatic carbocycles. The van der Waals surface area contributed by atoms with Crippen molar-refractivity contribution >= 4 is 5.91 Å². The van der Waals surface area contributed by atoms with Gasteiger partial charge in [-0.25, -0.2) is 4.68 Å². The Morgan fingerprint density at radius 1 is 1.19 bits per heavy atom. The van der Waals surface area contributed by atoms with E-state index in [2.05, 4.69) is 26.9 Å². The second-order valence-electron chi connectivity index (χ2n) is 6.72. The molecule has 4 rings (SSSR count). The molecule has 1 N–H and O–H groups in total. The first-order valence-corrected chi connectivity index (χ1v) is 9.07. The highest BCUT2D eigenvalue weighted by molar-refractivity contribution is 5.78. The average molecular weight is 363 g/mol. The van der Waals surface area contributed by atoms with Crippen molar-refractivity contribution in [1.29, 1.82) is 0 Å².